The van der Waals surface area contributed by atoms with E-state index in [0.717, 1.165) is 36.7 Å². The first-order chi connectivity index (χ1) is 21.8. The lowest BCUT2D eigenvalue weighted by atomic mass is 9.70. The van der Waals surface area contributed by atoms with Crippen LogP contribution in [0.5, 0.6) is 0 Å². The summed E-state index contributed by atoms with van der Waals surface area (Å²) in [6.07, 6.45) is 28.2. The highest BCUT2D eigenvalue weighted by Crippen LogP contribution is 2.44. The van der Waals surface area contributed by atoms with E-state index in [2.05, 4.69) is 50.5 Å². The van der Waals surface area contributed by atoms with Gasteiger partial charge in [0.05, 0.1) is 37.6 Å². The van der Waals surface area contributed by atoms with Gasteiger partial charge in [-0.3, -0.25) is 0 Å². The highest BCUT2D eigenvalue weighted by atomic mass is 16.5. The summed E-state index contributed by atoms with van der Waals surface area (Å²) < 4.78 is 10.7. The average Bonchev–Trinajstić information content (AvgIpc) is 3.07. The summed E-state index contributed by atoms with van der Waals surface area (Å²) in [5.41, 5.74) is 6.99. The van der Waals surface area contributed by atoms with E-state index < -0.39 is 25.2 Å². The summed E-state index contributed by atoms with van der Waals surface area (Å²) in [5.74, 6) is 1.07. The normalized spacial score (nSPS) is 24.6. The van der Waals surface area contributed by atoms with Gasteiger partial charge >= 0.3 is 11.9 Å². The van der Waals surface area contributed by atoms with Crippen LogP contribution in [0.3, 0.4) is 0 Å². The molecule has 0 amide bonds. The lowest BCUT2D eigenvalue weighted by Crippen LogP contribution is -2.24. The Morgan fingerprint density at radius 2 is 1.53 bits per heavy atom. The highest BCUT2D eigenvalue weighted by Gasteiger charge is 2.31. The van der Waals surface area contributed by atoms with E-state index in [1.54, 1.807) is 5.57 Å². The molecule has 0 aromatic rings. The van der Waals surface area contributed by atoms with Crippen LogP contribution in [0.2, 0.25) is 0 Å². The van der Waals surface area contributed by atoms with Gasteiger partial charge in [0.1, 0.15) is 0 Å². The van der Waals surface area contributed by atoms with E-state index in [0.29, 0.717) is 18.8 Å². The SMILES string of the molecule is C=C(CO)C(=O)OCCC1=CC(CCOC(=O)C(=C)CO)C2CCC(C3=CC=C(C4CCC(CCCCC)CC4)CC3)=CC2=C1. The monoisotopic (exact) mass is 618 g/mol. The molecular formula is C39H54O6. The molecular weight excluding hydrogens is 564 g/mol. The fourth-order valence-corrected chi connectivity index (χ4v) is 7.46. The van der Waals surface area contributed by atoms with Crippen LogP contribution in [-0.2, 0) is 19.1 Å². The van der Waals surface area contributed by atoms with Crippen LogP contribution in [0.15, 0.2) is 82.5 Å². The van der Waals surface area contributed by atoms with Gasteiger partial charge in [-0.2, -0.15) is 0 Å². The number of aliphatic hydroxyl groups excluding tert-OH is 2. The summed E-state index contributed by atoms with van der Waals surface area (Å²) in [4.78, 5) is 24.0. The molecule has 0 bridgehead atoms. The smallest absolute Gasteiger partial charge is 0.335 e. The molecule has 0 spiro atoms. The number of ether oxygens (including phenoxy) is 2. The molecule has 0 aliphatic heterocycles. The van der Waals surface area contributed by atoms with Crippen molar-refractivity contribution in [1.82, 2.24) is 0 Å². The number of unbranched alkanes of at least 4 members (excludes halogenated alkanes) is 2. The van der Waals surface area contributed by atoms with Crippen LogP contribution < -0.4 is 0 Å². The molecule has 4 aliphatic rings. The zero-order valence-electron chi connectivity index (χ0n) is 27.4. The second-order valence-corrected chi connectivity index (χ2v) is 13.3. The van der Waals surface area contributed by atoms with Crippen molar-refractivity contribution in [3.8, 4) is 0 Å². The molecule has 0 heterocycles. The molecule has 6 nitrogen and oxygen atoms in total. The maximum atomic E-state index is 12.1. The topological polar surface area (TPSA) is 93.1 Å². The second kappa shape index (κ2) is 17.7. The number of hydrogen-bond donors (Lipinski definition) is 2. The maximum Gasteiger partial charge on any atom is 0.335 e. The predicted molar refractivity (Wildman–Crippen MR) is 179 cm³/mol. The van der Waals surface area contributed by atoms with Gasteiger partial charge in [0.25, 0.3) is 0 Å². The van der Waals surface area contributed by atoms with E-state index in [9.17, 15) is 14.7 Å². The van der Waals surface area contributed by atoms with Crippen LogP contribution in [-0.4, -0.2) is 48.6 Å². The Morgan fingerprint density at radius 1 is 0.822 bits per heavy atom. The van der Waals surface area contributed by atoms with Gasteiger partial charge < -0.3 is 19.7 Å². The Kier molecular flexibility index (Phi) is 13.7. The highest BCUT2D eigenvalue weighted by molar-refractivity contribution is 5.88. The summed E-state index contributed by atoms with van der Waals surface area (Å²) >= 11 is 0. The predicted octanol–water partition coefficient (Wildman–Crippen LogP) is 7.80. The minimum absolute atomic E-state index is 0.0445. The number of fused-ring (bicyclic) bond motifs is 1. The van der Waals surface area contributed by atoms with Crippen molar-refractivity contribution in [2.45, 2.75) is 96.8 Å². The first-order valence-electron chi connectivity index (χ1n) is 17.3. The number of carbonyl (C=O) groups excluding carboxylic acids is 2. The van der Waals surface area contributed by atoms with Gasteiger partial charge in [0.2, 0.25) is 0 Å². The largest absolute Gasteiger partial charge is 0.462 e. The van der Waals surface area contributed by atoms with Crippen molar-refractivity contribution >= 4 is 11.9 Å². The van der Waals surface area contributed by atoms with Crippen LogP contribution in [0.1, 0.15) is 96.8 Å². The van der Waals surface area contributed by atoms with E-state index >= 15 is 0 Å². The summed E-state index contributed by atoms with van der Waals surface area (Å²) in [6, 6.07) is 0. The molecule has 0 saturated heterocycles. The molecule has 1 fully saturated rings. The molecule has 246 valence electrons. The molecule has 4 aliphatic carbocycles. The van der Waals surface area contributed by atoms with Crippen LogP contribution >= 0.6 is 0 Å². The lowest BCUT2D eigenvalue weighted by Gasteiger charge is -2.35. The van der Waals surface area contributed by atoms with Crippen molar-refractivity contribution in [3.05, 3.63) is 82.5 Å². The quantitative estimate of drug-likeness (QED) is 0.104. The molecule has 2 atom stereocenters. The molecule has 2 unspecified atom stereocenters. The summed E-state index contributed by atoms with van der Waals surface area (Å²) in [6.45, 7) is 9.00. The molecule has 1 saturated carbocycles. The molecule has 4 rings (SSSR count). The average molecular weight is 619 g/mol. The van der Waals surface area contributed by atoms with E-state index in [1.807, 2.05) is 0 Å². The first-order valence-corrected chi connectivity index (χ1v) is 17.3. The minimum atomic E-state index is -0.580. The Balaban J connectivity index is 1.41. The number of hydrogen-bond acceptors (Lipinski definition) is 6. The van der Waals surface area contributed by atoms with Gasteiger partial charge in [-0.1, -0.05) is 81.7 Å². The number of esters is 2. The van der Waals surface area contributed by atoms with Crippen molar-refractivity contribution in [2.75, 3.05) is 26.4 Å². The second-order valence-electron chi connectivity index (χ2n) is 13.3. The number of allylic oxidation sites excluding steroid dienone is 9. The lowest BCUT2D eigenvalue weighted by molar-refractivity contribution is -0.140. The van der Waals surface area contributed by atoms with Crippen molar-refractivity contribution in [3.63, 3.8) is 0 Å². The molecule has 0 radical (unpaired) electrons. The summed E-state index contributed by atoms with van der Waals surface area (Å²) in [7, 11) is 0. The van der Waals surface area contributed by atoms with Crippen LogP contribution in [0, 0.1) is 23.7 Å². The van der Waals surface area contributed by atoms with Gasteiger partial charge in [-0.15, -0.1) is 0 Å². The van der Waals surface area contributed by atoms with E-state index in [1.165, 1.54) is 74.5 Å². The van der Waals surface area contributed by atoms with Crippen LogP contribution in [0.4, 0.5) is 0 Å². The fourth-order valence-electron chi connectivity index (χ4n) is 7.46. The van der Waals surface area contributed by atoms with Gasteiger partial charge in [-0.05, 0) is 104 Å². The van der Waals surface area contributed by atoms with Crippen molar-refractivity contribution in [1.29, 1.82) is 0 Å². The molecule has 0 aromatic carbocycles. The van der Waals surface area contributed by atoms with Gasteiger partial charge in [0, 0.05) is 6.42 Å². The fraction of sp³-hybridized carbons (Fsp3) is 0.590. The number of aliphatic hydroxyl groups is 2. The Morgan fingerprint density at radius 3 is 2.18 bits per heavy atom. The third-order valence-corrected chi connectivity index (χ3v) is 10.2. The first kappa shape index (κ1) is 34.9. The van der Waals surface area contributed by atoms with Gasteiger partial charge in [0.15, 0.2) is 0 Å². The molecule has 2 N–H and O–H groups in total. The van der Waals surface area contributed by atoms with Crippen molar-refractivity contribution < 1.29 is 29.3 Å². The zero-order valence-corrected chi connectivity index (χ0v) is 27.4. The molecule has 6 heteroatoms. The number of carbonyl (C=O) groups is 2. The Bertz CT molecular complexity index is 1240. The summed E-state index contributed by atoms with van der Waals surface area (Å²) in [5, 5.41) is 18.3. The van der Waals surface area contributed by atoms with E-state index in [4.69, 9.17) is 14.6 Å². The minimum Gasteiger partial charge on any atom is -0.462 e. The van der Waals surface area contributed by atoms with Crippen LogP contribution in [0.25, 0.3) is 0 Å². The van der Waals surface area contributed by atoms with E-state index in [-0.39, 0.29) is 30.3 Å². The third kappa shape index (κ3) is 10.0. The maximum absolute atomic E-state index is 12.1. The molecule has 45 heavy (non-hydrogen) atoms. The Labute approximate surface area is 270 Å². The standard InChI is InChI=1S/C39H54O6/c1-4-5-6-7-29-8-10-31(11-9-29)32-12-14-33(15-13-32)34-16-17-37-35(19-21-45-39(43)28(3)26-41)22-30(23-36(37)24-34)18-20-44-38(42)27(2)25-40/h12,14,22-24,29,31,35,37,40-41H,2-11,13,15-21,25-26H2,1H3. The third-order valence-electron chi connectivity index (χ3n) is 10.2. The van der Waals surface area contributed by atoms with Gasteiger partial charge in [-0.25, -0.2) is 9.59 Å². The van der Waals surface area contributed by atoms with Crippen molar-refractivity contribution in [2.24, 2.45) is 23.7 Å². The Hall–Kier alpha value is -2.96. The zero-order chi connectivity index (χ0) is 32.2. The molecule has 0 aromatic heterocycles. The number of rotatable bonds is 16.